The molecule has 5 nitrogen and oxygen atoms in total. The van der Waals surface area contributed by atoms with Crippen LogP contribution in [-0.2, 0) is 13.6 Å². The highest BCUT2D eigenvalue weighted by Gasteiger charge is 2.17. The molecule has 0 bridgehead atoms. The van der Waals surface area contributed by atoms with Gasteiger partial charge in [-0.25, -0.2) is 4.79 Å². The predicted molar refractivity (Wildman–Crippen MR) is 68.5 cm³/mol. The lowest BCUT2D eigenvalue weighted by molar-refractivity contribution is 0.0695. The van der Waals surface area contributed by atoms with Crippen LogP contribution in [-0.4, -0.2) is 26.9 Å². The Kier molecular flexibility index (Phi) is 4.36. The number of carbonyl (C=O) groups is 1. The molecule has 1 heterocycles. The number of aromatic nitrogens is 2. The Morgan fingerprint density at radius 3 is 2.72 bits per heavy atom. The van der Waals surface area contributed by atoms with E-state index in [2.05, 4.69) is 10.4 Å². The van der Waals surface area contributed by atoms with Crippen molar-refractivity contribution < 1.29 is 9.90 Å². The fourth-order valence-corrected chi connectivity index (χ4v) is 2.58. The molecular weight excluding hydrogens is 230 g/mol. The zero-order valence-electron chi connectivity index (χ0n) is 10.9. The summed E-state index contributed by atoms with van der Waals surface area (Å²) in [5.41, 5.74) is 1.06. The number of carboxylic acids is 1. The molecular formula is C13H21N3O2. The summed E-state index contributed by atoms with van der Waals surface area (Å²) in [6, 6.07) is 0.518. The molecule has 1 aromatic heterocycles. The van der Waals surface area contributed by atoms with Gasteiger partial charge in [0.05, 0.1) is 11.9 Å². The molecule has 1 aromatic rings. The molecule has 0 radical (unpaired) electrons. The largest absolute Gasteiger partial charge is 0.478 e. The van der Waals surface area contributed by atoms with Gasteiger partial charge in [0.15, 0.2) is 0 Å². The van der Waals surface area contributed by atoms with Crippen LogP contribution in [0.5, 0.6) is 0 Å². The predicted octanol–water partition coefficient (Wildman–Crippen LogP) is 1.93. The molecule has 0 unspecified atom stereocenters. The van der Waals surface area contributed by atoms with E-state index in [0.717, 1.165) is 5.69 Å². The monoisotopic (exact) mass is 251 g/mol. The maximum absolute atomic E-state index is 11.1. The quantitative estimate of drug-likeness (QED) is 0.802. The Balaban J connectivity index is 1.96. The highest BCUT2D eigenvalue weighted by molar-refractivity contribution is 5.88. The van der Waals surface area contributed by atoms with Gasteiger partial charge >= 0.3 is 5.97 Å². The number of aromatic carboxylic acids is 1. The Morgan fingerprint density at radius 2 is 2.11 bits per heavy atom. The molecule has 0 aromatic carbocycles. The van der Waals surface area contributed by atoms with Gasteiger partial charge in [0.2, 0.25) is 0 Å². The Morgan fingerprint density at radius 1 is 1.44 bits per heavy atom. The first-order valence-corrected chi connectivity index (χ1v) is 6.66. The molecule has 0 atom stereocenters. The molecule has 0 amide bonds. The van der Waals surface area contributed by atoms with Gasteiger partial charge in [0.25, 0.3) is 0 Å². The van der Waals surface area contributed by atoms with Crippen LogP contribution in [0.15, 0.2) is 6.20 Å². The van der Waals surface area contributed by atoms with E-state index in [4.69, 9.17) is 5.11 Å². The van der Waals surface area contributed by atoms with Crippen LogP contribution < -0.4 is 5.32 Å². The fraction of sp³-hybridized carbons (Fsp3) is 0.692. The lowest BCUT2D eigenvalue weighted by atomic mass is 10.1. The molecule has 5 heteroatoms. The van der Waals surface area contributed by atoms with E-state index >= 15 is 0 Å². The van der Waals surface area contributed by atoms with Crippen LogP contribution in [0, 0.1) is 0 Å². The third-order valence-electron chi connectivity index (χ3n) is 3.71. The van der Waals surface area contributed by atoms with Crippen LogP contribution in [0.3, 0.4) is 0 Å². The summed E-state index contributed by atoms with van der Waals surface area (Å²) in [5, 5.41) is 16.6. The van der Waals surface area contributed by atoms with Gasteiger partial charge in [0, 0.05) is 19.6 Å². The fourth-order valence-electron chi connectivity index (χ4n) is 2.58. The zero-order valence-corrected chi connectivity index (χ0v) is 10.9. The summed E-state index contributed by atoms with van der Waals surface area (Å²) in [6.07, 6.45) is 9.01. The van der Waals surface area contributed by atoms with Crippen molar-refractivity contribution in [3.8, 4) is 0 Å². The highest BCUT2D eigenvalue weighted by Crippen LogP contribution is 2.18. The van der Waals surface area contributed by atoms with E-state index in [-0.39, 0.29) is 0 Å². The van der Waals surface area contributed by atoms with Gasteiger partial charge in [-0.2, -0.15) is 5.10 Å². The molecule has 0 saturated heterocycles. The number of nitrogens with zero attached hydrogens (tertiary/aromatic N) is 2. The van der Waals surface area contributed by atoms with Gasteiger partial charge in [-0.3, -0.25) is 4.68 Å². The van der Waals surface area contributed by atoms with Gasteiger partial charge in [-0.15, -0.1) is 0 Å². The van der Waals surface area contributed by atoms with E-state index in [9.17, 15) is 4.79 Å². The second kappa shape index (κ2) is 6.00. The van der Waals surface area contributed by atoms with Gasteiger partial charge in [-0.1, -0.05) is 25.7 Å². The van der Waals surface area contributed by atoms with E-state index in [1.54, 1.807) is 11.7 Å². The molecule has 18 heavy (non-hydrogen) atoms. The van der Waals surface area contributed by atoms with Crippen molar-refractivity contribution in [1.82, 2.24) is 15.1 Å². The molecule has 2 rings (SSSR count). The van der Waals surface area contributed by atoms with Crippen LogP contribution in [0.25, 0.3) is 0 Å². The summed E-state index contributed by atoms with van der Waals surface area (Å²) in [4.78, 5) is 11.1. The van der Waals surface area contributed by atoms with E-state index in [1.807, 2.05) is 0 Å². The molecule has 1 fully saturated rings. The summed E-state index contributed by atoms with van der Waals surface area (Å²) >= 11 is 0. The van der Waals surface area contributed by atoms with E-state index in [0.29, 0.717) is 18.2 Å². The topological polar surface area (TPSA) is 67.2 Å². The number of hydrogen-bond donors (Lipinski definition) is 2. The number of aryl methyl sites for hydroxylation is 1. The normalized spacial score (nSPS) is 17.6. The van der Waals surface area contributed by atoms with E-state index in [1.165, 1.54) is 44.7 Å². The third kappa shape index (κ3) is 3.10. The SMILES string of the molecule is Cn1ncc(C(=O)O)c1CNC1CCCCCC1. The van der Waals surface area contributed by atoms with Crippen molar-refractivity contribution in [2.75, 3.05) is 0 Å². The first kappa shape index (κ1) is 13.1. The van der Waals surface area contributed by atoms with Crippen LogP contribution in [0.4, 0.5) is 0 Å². The standard InChI is InChI=1S/C13H21N3O2/c1-16-12(11(8-15-16)13(17)18)9-14-10-6-4-2-3-5-7-10/h8,10,14H,2-7,9H2,1H3,(H,17,18). The Labute approximate surface area is 107 Å². The van der Waals surface area contributed by atoms with Crippen LogP contribution >= 0.6 is 0 Å². The number of rotatable bonds is 4. The van der Waals surface area contributed by atoms with Crippen molar-refractivity contribution in [2.45, 2.75) is 51.1 Å². The average Bonchev–Trinajstić information content (AvgIpc) is 2.56. The number of nitrogens with one attached hydrogen (secondary N) is 1. The molecule has 100 valence electrons. The van der Waals surface area contributed by atoms with Crippen molar-refractivity contribution in [3.63, 3.8) is 0 Å². The minimum atomic E-state index is -0.902. The Bertz CT molecular complexity index is 406. The molecule has 1 saturated carbocycles. The average molecular weight is 251 g/mol. The second-order valence-corrected chi connectivity index (χ2v) is 5.00. The second-order valence-electron chi connectivity index (χ2n) is 5.00. The third-order valence-corrected chi connectivity index (χ3v) is 3.71. The number of carboxylic acid groups (broad SMARTS) is 1. The molecule has 0 spiro atoms. The zero-order chi connectivity index (χ0) is 13.0. The highest BCUT2D eigenvalue weighted by atomic mass is 16.4. The van der Waals surface area contributed by atoms with Crippen molar-refractivity contribution in [2.24, 2.45) is 7.05 Å². The van der Waals surface area contributed by atoms with Crippen molar-refractivity contribution in [3.05, 3.63) is 17.5 Å². The summed E-state index contributed by atoms with van der Waals surface area (Å²) in [5.74, 6) is -0.902. The first-order valence-electron chi connectivity index (χ1n) is 6.66. The van der Waals surface area contributed by atoms with Crippen LogP contribution in [0.2, 0.25) is 0 Å². The molecule has 1 aliphatic carbocycles. The summed E-state index contributed by atoms with van der Waals surface area (Å²) in [7, 11) is 1.79. The first-order chi connectivity index (χ1) is 8.68. The molecule has 2 N–H and O–H groups in total. The van der Waals surface area contributed by atoms with E-state index < -0.39 is 5.97 Å². The van der Waals surface area contributed by atoms with Crippen molar-refractivity contribution >= 4 is 5.97 Å². The van der Waals surface area contributed by atoms with Crippen molar-refractivity contribution in [1.29, 1.82) is 0 Å². The minimum absolute atomic E-state index is 0.304. The minimum Gasteiger partial charge on any atom is -0.478 e. The van der Waals surface area contributed by atoms with Gasteiger partial charge < -0.3 is 10.4 Å². The smallest absolute Gasteiger partial charge is 0.339 e. The van der Waals surface area contributed by atoms with Gasteiger partial charge in [0.1, 0.15) is 5.56 Å². The molecule has 1 aliphatic rings. The van der Waals surface area contributed by atoms with Crippen LogP contribution in [0.1, 0.15) is 54.6 Å². The van der Waals surface area contributed by atoms with Gasteiger partial charge in [-0.05, 0) is 12.8 Å². The summed E-state index contributed by atoms with van der Waals surface area (Å²) < 4.78 is 1.65. The lowest BCUT2D eigenvalue weighted by Crippen LogP contribution is -2.29. The number of hydrogen-bond acceptors (Lipinski definition) is 3. The molecule has 0 aliphatic heterocycles. The summed E-state index contributed by atoms with van der Waals surface area (Å²) in [6.45, 7) is 0.586. The maximum atomic E-state index is 11.1. The lowest BCUT2D eigenvalue weighted by Gasteiger charge is -2.16. The Hall–Kier alpha value is -1.36. The maximum Gasteiger partial charge on any atom is 0.339 e.